The van der Waals surface area contributed by atoms with Crippen molar-refractivity contribution in [1.29, 1.82) is 0 Å². The molecule has 0 unspecified atom stereocenters. The van der Waals surface area contributed by atoms with Crippen LogP contribution in [-0.4, -0.2) is 86.3 Å². The monoisotopic (exact) mass is 338 g/mol. The molecule has 0 saturated carbocycles. The molecule has 2 amide bonds. The Morgan fingerprint density at radius 2 is 2.17 bits per heavy atom. The van der Waals surface area contributed by atoms with E-state index in [0.717, 1.165) is 52.4 Å². The number of carbonyl (C=O) groups is 1. The SMILES string of the molecule is CN1CCO[C@@H](CNC(=O)N2CCN(Cc3cccs3)CC2)C1. The number of carbonyl (C=O) groups excluding carboxylic acids is 1. The van der Waals surface area contributed by atoms with Crippen LogP contribution in [-0.2, 0) is 11.3 Å². The minimum Gasteiger partial charge on any atom is -0.374 e. The van der Waals surface area contributed by atoms with Gasteiger partial charge in [-0.2, -0.15) is 0 Å². The van der Waals surface area contributed by atoms with Gasteiger partial charge in [0.25, 0.3) is 0 Å². The summed E-state index contributed by atoms with van der Waals surface area (Å²) in [4.78, 5) is 20.2. The van der Waals surface area contributed by atoms with E-state index in [9.17, 15) is 4.79 Å². The van der Waals surface area contributed by atoms with Crippen LogP contribution in [0.3, 0.4) is 0 Å². The van der Waals surface area contributed by atoms with E-state index in [1.807, 2.05) is 4.90 Å². The highest BCUT2D eigenvalue weighted by Crippen LogP contribution is 2.13. The second-order valence-electron chi connectivity index (χ2n) is 6.28. The molecule has 3 heterocycles. The van der Waals surface area contributed by atoms with E-state index in [2.05, 4.69) is 39.7 Å². The number of amides is 2. The van der Waals surface area contributed by atoms with Gasteiger partial charge in [-0.25, -0.2) is 4.79 Å². The first-order valence-corrected chi connectivity index (χ1v) is 9.16. The second kappa shape index (κ2) is 8.10. The zero-order valence-corrected chi connectivity index (χ0v) is 14.6. The molecule has 1 aromatic rings. The molecule has 1 N–H and O–H groups in total. The maximum Gasteiger partial charge on any atom is 0.317 e. The number of nitrogens with one attached hydrogen (secondary N) is 1. The number of hydrogen-bond acceptors (Lipinski definition) is 5. The van der Waals surface area contributed by atoms with Crippen molar-refractivity contribution in [2.75, 3.05) is 59.5 Å². The van der Waals surface area contributed by atoms with E-state index < -0.39 is 0 Å². The maximum absolute atomic E-state index is 12.3. The minimum atomic E-state index is 0.0394. The number of nitrogens with zero attached hydrogens (tertiary/aromatic N) is 3. The first-order valence-electron chi connectivity index (χ1n) is 8.28. The Morgan fingerprint density at radius 3 is 2.87 bits per heavy atom. The number of ether oxygens (including phenoxy) is 1. The summed E-state index contributed by atoms with van der Waals surface area (Å²) in [5, 5.41) is 5.14. The van der Waals surface area contributed by atoms with Crippen molar-refractivity contribution in [2.24, 2.45) is 0 Å². The number of likely N-dealkylation sites (N-methyl/N-ethyl adjacent to an activating group) is 1. The van der Waals surface area contributed by atoms with Crippen molar-refractivity contribution in [3.05, 3.63) is 22.4 Å². The molecule has 2 saturated heterocycles. The lowest BCUT2D eigenvalue weighted by atomic mass is 10.3. The molecule has 0 aliphatic carbocycles. The Bertz CT molecular complexity index is 488. The average Bonchev–Trinajstić information content (AvgIpc) is 3.06. The molecule has 128 valence electrons. The van der Waals surface area contributed by atoms with Crippen LogP contribution in [0.15, 0.2) is 17.5 Å². The summed E-state index contributed by atoms with van der Waals surface area (Å²) in [5.74, 6) is 0. The summed E-state index contributed by atoms with van der Waals surface area (Å²) >= 11 is 1.80. The molecule has 3 rings (SSSR count). The molecule has 1 aromatic heterocycles. The van der Waals surface area contributed by atoms with E-state index in [-0.39, 0.29) is 12.1 Å². The minimum absolute atomic E-state index is 0.0394. The van der Waals surface area contributed by atoms with Crippen LogP contribution in [0.4, 0.5) is 4.79 Å². The van der Waals surface area contributed by atoms with Crippen LogP contribution in [0.1, 0.15) is 4.88 Å². The first-order chi connectivity index (χ1) is 11.2. The second-order valence-corrected chi connectivity index (χ2v) is 7.32. The largest absolute Gasteiger partial charge is 0.374 e. The number of rotatable bonds is 4. The van der Waals surface area contributed by atoms with Gasteiger partial charge >= 0.3 is 6.03 Å². The third-order valence-electron chi connectivity index (χ3n) is 4.44. The number of piperazine rings is 1. The summed E-state index contributed by atoms with van der Waals surface area (Å²) in [5.41, 5.74) is 0. The molecule has 23 heavy (non-hydrogen) atoms. The molecule has 2 aliphatic rings. The Kier molecular flexibility index (Phi) is 5.88. The van der Waals surface area contributed by atoms with Gasteiger partial charge in [-0.15, -0.1) is 11.3 Å². The summed E-state index contributed by atoms with van der Waals surface area (Å²) in [7, 11) is 2.09. The van der Waals surface area contributed by atoms with Gasteiger partial charge in [-0.1, -0.05) is 6.07 Å². The molecule has 0 bridgehead atoms. The zero-order chi connectivity index (χ0) is 16.1. The number of hydrogen-bond donors (Lipinski definition) is 1. The normalized spacial score (nSPS) is 23.9. The highest BCUT2D eigenvalue weighted by atomic mass is 32.1. The standard InChI is InChI=1S/C16H26N4O2S/c1-18-8-9-22-14(12-18)11-17-16(21)20-6-4-19(5-7-20)13-15-3-2-10-23-15/h2-3,10,14H,4-9,11-13H2,1H3,(H,17,21)/t14-/m0/s1. The number of urea groups is 1. The summed E-state index contributed by atoms with van der Waals surface area (Å²) in [6.45, 7) is 7.66. The van der Waals surface area contributed by atoms with Crippen molar-refractivity contribution in [2.45, 2.75) is 12.6 Å². The van der Waals surface area contributed by atoms with Crippen LogP contribution in [0.2, 0.25) is 0 Å². The number of morpholine rings is 1. The van der Waals surface area contributed by atoms with E-state index in [1.54, 1.807) is 11.3 Å². The molecule has 6 nitrogen and oxygen atoms in total. The summed E-state index contributed by atoms with van der Waals surface area (Å²) in [6.07, 6.45) is 0.109. The maximum atomic E-state index is 12.3. The van der Waals surface area contributed by atoms with Crippen LogP contribution < -0.4 is 5.32 Å². The van der Waals surface area contributed by atoms with E-state index in [4.69, 9.17) is 4.74 Å². The molecule has 0 aromatic carbocycles. The van der Waals surface area contributed by atoms with Crippen LogP contribution in [0, 0.1) is 0 Å². The fourth-order valence-corrected chi connectivity index (χ4v) is 3.78. The van der Waals surface area contributed by atoms with Gasteiger partial charge in [0, 0.05) is 57.2 Å². The average molecular weight is 338 g/mol. The molecule has 7 heteroatoms. The van der Waals surface area contributed by atoms with Crippen molar-refractivity contribution < 1.29 is 9.53 Å². The van der Waals surface area contributed by atoms with Gasteiger partial charge in [0.1, 0.15) is 0 Å². The molecule has 0 spiro atoms. The van der Waals surface area contributed by atoms with E-state index >= 15 is 0 Å². The predicted molar refractivity (Wildman–Crippen MR) is 91.8 cm³/mol. The van der Waals surface area contributed by atoms with Crippen molar-refractivity contribution in [3.63, 3.8) is 0 Å². The Morgan fingerprint density at radius 1 is 1.35 bits per heavy atom. The summed E-state index contributed by atoms with van der Waals surface area (Å²) in [6, 6.07) is 4.30. The quantitative estimate of drug-likeness (QED) is 0.886. The van der Waals surface area contributed by atoms with Crippen LogP contribution in [0.5, 0.6) is 0 Å². The Labute approximate surface area is 142 Å². The van der Waals surface area contributed by atoms with Crippen molar-refractivity contribution >= 4 is 17.4 Å². The van der Waals surface area contributed by atoms with Crippen LogP contribution in [0.25, 0.3) is 0 Å². The highest BCUT2D eigenvalue weighted by molar-refractivity contribution is 7.09. The lowest BCUT2D eigenvalue weighted by Crippen LogP contribution is -2.53. The fourth-order valence-electron chi connectivity index (χ4n) is 3.04. The topological polar surface area (TPSA) is 48.1 Å². The molecule has 2 aliphatic heterocycles. The van der Waals surface area contributed by atoms with Gasteiger partial charge in [0.15, 0.2) is 0 Å². The summed E-state index contributed by atoms with van der Waals surface area (Å²) < 4.78 is 5.68. The molecule has 0 radical (unpaired) electrons. The van der Waals surface area contributed by atoms with Crippen molar-refractivity contribution in [1.82, 2.24) is 20.0 Å². The van der Waals surface area contributed by atoms with E-state index in [1.165, 1.54) is 4.88 Å². The van der Waals surface area contributed by atoms with Gasteiger partial charge in [0.05, 0.1) is 12.7 Å². The van der Waals surface area contributed by atoms with Gasteiger partial charge < -0.3 is 19.9 Å². The molecule has 1 atom stereocenters. The first kappa shape index (κ1) is 16.7. The van der Waals surface area contributed by atoms with Gasteiger partial charge in [-0.05, 0) is 18.5 Å². The molecule has 2 fully saturated rings. The Balaban J connectivity index is 1.36. The van der Waals surface area contributed by atoms with E-state index in [0.29, 0.717) is 6.54 Å². The lowest BCUT2D eigenvalue weighted by Gasteiger charge is -2.35. The lowest BCUT2D eigenvalue weighted by molar-refractivity contribution is -0.0174. The van der Waals surface area contributed by atoms with Crippen LogP contribution >= 0.6 is 11.3 Å². The molecular formula is C16H26N4O2S. The Hall–Kier alpha value is -1.15. The zero-order valence-electron chi connectivity index (χ0n) is 13.7. The number of thiophene rings is 1. The smallest absolute Gasteiger partial charge is 0.317 e. The van der Waals surface area contributed by atoms with Gasteiger partial charge in [-0.3, -0.25) is 4.90 Å². The van der Waals surface area contributed by atoms with Crippen molar-refractivity contribution in [3.8, 4) is 0 Å². The van der Waals surface area contributed by atoms with Gasteiger partial charge in [0.2, 0.25) is 0 Å². The fraction of sp³-hybridized carbons (Fsp3) is 0.688. The predicted octanol–water partition coefficient (Wildman–Crippen LogP) is 0.906. The molecular weight excluding hydrogens is 312 g/mol. The highest BCUT2D eigenvalue weighted by Gasteiger charge is 2.23. The third kappa shape index (κ3) is 4.91. The third-order valence-corrected chi connectivity index (χ3v) is 5.30.